The van der Waals surface area contributed by atoms with E-state index in [-0.39, 0.29) is 0 Å². The van der Waals surface area contributed by atoms with Gasteiger partial charge in [0, 0.05) is 18.8 Å². The molecule has 1 aromatic heterocycles. The third-order valence-electron chi connectivity index (χ3n) is 4.76. The van der Waals surface area contributed by atoms with E-state index in [1.54, 1.807) is 0 Å². The summed E-state index contributed by atoms with van der Waals surface area (Å²) < 4.78 is 0. The molecule has 108 valence electrons. The predicted octanol–water partition coefficient (Wildman–Crippen LogP) is 2.89. The lowest BCUT2D eigenvalue weighted by Crippen LogP contribution is -2.33. The van der Waals surface area contributed by atoms with Crippen LogP contribution < -0.4 is 4.90 Å². The van der Waals surface area contributed by atoms with Gasteiger partial charge < -0.3 is 10.0 Å². The van der Waals surface area contributed by atoms with Crippen LogP contribution >= 0.6 is 0 Å². The Balaban J connectivity index is 2.00. The van der Waals surface area contributed by atoms with E-state index in [0.29, 0.717) is 23.3 Å². The van der Waals surface area contributed by atoms with Crippen LogP contribution in [0.4, 0.5) is 5.82 Å². The Morgan fingerprint density at radius 2 is 2.10 bits per heavy atom. The molecule has 4 nitrogen and oxygen atoms in total. The fourth-order valence-corrected chi connectivity index (χ4v) is 3.14. The minimum Gasteiger partial charge on any atom is -0.478 e. The third kappa shape index (κ3) is 2.39. The van der Waals surface area contributed by atoms with Gasteiger partial charge in [0.15, 0.2) is 0 Å². The summed E-state index contributed by atoms with van der Waals surface area (Å²) in [5, 5.41) is 9.49. The molecule has 1 atom stereocenters. The fourth-order valence-electron chi connectivity index (χ4n) is 3.14. The summed E-state index contributed by atoms with van der Waals surface area (Å²) in [7, 11) is 1.98. The van der Waals surface area contributed by atoms with Crippen LogP contribution in [0.3, 0.4) is 0 Å². The zero-order valence-electron chi connectivity index (χ0n) is 12.2. The lowest BCUT2D eigenvalue weighted by molar-refractivity contribution is 0.0697. The number of rotatable bonds is 4. The fraction of sp³-hybridized carbons (Fsp3) is 0.625. The summed E-state index contributed by atoms with van der Waals surface area (Å²) >= 11 is 0. The van der Waals surface area contributed by atoms with Crippen LogP contribution in [-0.2, 0) is 12.8 Å². The Kier molecular flexibility index (Phi) is 3.40. The van der Waals surface area contributed by atoms with Gasteiger partial charge in [-0.05, 0) is 63.0 Å². The highest BCUT2D eigenvalue weighted by atomic mass is 16.4. The maximum Gasteiger partial charge on any atom is 0.339 e. The van der Waals surface area contributed by atoms with Gasteiger partial charge in [0.2, 0.25) is 0 Å². The monoisotopic (exact) mass is 274 g/mol. The first-order chi connectivity index (χ1) is 9.58. The number of nitrogens with zero attached hydrogens (tertiary/aromatic N) is 2. The minimum absolute atomic E-state index is 0.362. The van der Waals surface area contributed by atoms with Crippen molar-refractivity contribution in [1.29, 1.82) is 0 Å². The van der Waals surface area contributed by atoms with Gasteiger partial charge in [-0.25, -0.2) is 9.78 Å². The largest absolute Gasteiger partial charge is 0.478 e. The van der Waals surface area contributed by atoms with Crippen molar-refractivity contribution in [3.63, 3.8) is 0 Å². The zero-order valence-corrected chi connectivity index (χ0v) is 12.2. The second kappa shape index (κ2) is 5.08. The number of aromatic carboxylic acids is 1. The number of aryl methyl sites for hydroxylation is 2. The summed E-state index contributed by atoms with van der Waals surface area (Å²) in [4.78, 5) is 18.3. The standard InChI is InChI=1S/C16H22N2O2/c1-10(11-7-8-11)18(2)15-13(16(19)20)9-12-5-3-4-6-14(12)17-15/h9-11H,3-8H2,1-2H3,(H,19,20). The maximum absolute atomic E-state index is 11.6. The summed E-state index contributed by atoms with van der Waals surface area (Å²) in [6.07, 6.45) is 6.74. The first-order valence-electron chi connectivity index (χ1n) is 7.57. The Hall–Kier alpha value is -1.58. The van der Waals surface area contributed by atoms with Gasteiger partial charge in [-0.2, -0.15) is 0 Å². The summed E-state index contributed by atoms with van der Waals surface area (Å²) in [6.45, 7) is 2.17. The highest BCUT2D eigenvalue weighted by Gasteiger charge is 2.33. The molecule has 0 radical (unpaired) electrons. The van der Waals surface area contributed by atoms with Crippen molar-refractivity contribution in [3.05, 3.63) is 22.9 Å². The lowest BCUT2D eigenvalue weighted by atomic mass is 9.94. The molecular formula is C16H22N2O2. The highest BCUT2D eigenvalue weighted by molar-refractivity contribution is 5.93. The maximum atomic E-state index is 11.6. The minimum atomic E-state index is -0.865. The van der Waals surface area contributed by atoms with Crippen LogP contribution in [0, 0.1) is 5.92 Å². The van der Waals surface area contributed by atoms with E-state index in [0.717, 1.165) is 36.9 Å². The van der Waals surface area contributed by atoms with Crippen molar-refractivity contribution in [2.24, 2.45) is 5.92 Å². The molecule has 20 heavy (non-hydrogen) atoms. The van der Waals surface area contributed by atoms with E-state index in [1.807, 2.05) is 13.1 Å². The first kappa shape index (κ1) is 13.4. The number of carbonyl (C=O) groups is 1. The molecule has 1 unspecified atom stereocenters. The second-order valence-corrected chi connectivity index (χ2v) is 6.17. The Bertz CT molecular complexity index is 538. The summed E-state index contributed by atoms with van der Waals surface area (Å²) in [5.41, 5.74) is 2.59. The molecule has 0 bridgehead atoms. The molecular weight excluding hydrogens is 252 g/mol. The molecule has 0 spiro atoms. The van der Waals surface area contributed by atoms with Crippen LogP contribution in [0.1, 0.15) is 54.2 Å². The van der Waals surface area contributed by atoms with E-state index < -0.39 is 5.97 Å². The van der Waals surface area contributed by atoms with Crippen molar-refractivity contribution >= 4 is 11.8 Å². The van der Waals surface area contributed by atoms with Crippen LogP contribution in [0.25, 0.3) is 0 Å². The van der Waals surface area contributed by atoms with Gasteiger partial charge in [0.25, 0.3) is 0 Å². The van der Waals surface area contributed by atoms with E-state index >= 15 is 0 Å². The topological polar surface area (TPSA) is 53.4 Å². The van der Waals surface area contributed by atoms with Crippen LogP contribution in [0.15, 0.2) is 6.07 Å². The predicted molar refractivity (Wildman–Crippen MR) is 78.4 cm³/mol. The van der Waals surface area contributed by atoms with E-state index in [9.17, 15) is 9.90 Å². The molecule has 1 N–H and O–H groups in total. The second-order valence-electron chi connectivity index (χ2n) is 6.17. The molecule has 1 aromatic rings. The smallest absolute Gasteiger partial charge is 0.339 e. The summed E-state index contributed by atoms with van der Waals surface area (Å²) in [6, 6.07) is 2.22. The van der Waals surface area contributed by atoms with Gasteiger partial charge in [-0.1, -0.05) is 0 Å². The Morgan fingerprint density at radius 1 is 1.40 bits per heavy atom. The van der Waals surface area contributed by atoms with Gasteiger partial charge in [-0.15, -0.1) is 0 Å². The van der Waals surface area contributed by atoms with Crippen molar-refractivity contribution in [2.45, 2.75) is 51.5 Å². The average molecular weight is 274 g/mol. The van der Waals surface area contributed by atoms with Crippen molar-refractivity contribution in [1.82, 2.24) is 4.98 Å². The number of carboxylic acid groups (broad SMARTS) is 1. The Morgan fingerprint density at radius 3 is 2.75 bits per heavy atom. The molecule has 0 aromatic carbocycles. The first-order valence-corrected chi connectivity index (χ1v) is 7.57. The van der Waals surface area contributed by atoms with Gasteiger partial charge in [0.05, 0.1) is 0 Å². The molecule has 1 fully saturated rings. The molecule has 4 heteroatoms. The Labute approximate surface area is 119 Å². The highest BCUT2D eigenvalue weighted by Crippen LogP contribution is 2.37. The average Bonchev–Trinajstić information content (AvgIpc) is 3.28. The molecule has 2 aliphatic carbocycles. The number of carboxylic acids is 1. The third-order valence-corrected chi connectivity index (χ3v) is 4.76. The number of hydrogen-bond donors (Lipinski definition) is 1. The van der Waals surface area contributed by atoms with Crippen LogP contribution in [0.5, 0.6) is 0 Å². The number of aromatic nitrogens is 1. The normalized spacial score (nSPS) is 19.3. The zero-order chi connectivity index (χ0) is 14.3. The molecule has 0 saturated heterocycles. The number of hydrogen-bond acceptors (Lipinski definition) is 3. The number of pyridine rings is 1. The van der Waals surface area contributed by atoms with E-state index in [2.05, 4.69) is 11.8 Å². The quantitative estimate of drug-likeness (QED) is 0.917. The van der Waals surface area contributed by atoms with Crippen LogP contribution in [-0.4, -0.2) is 29.1 Å². The molecule has 0 aliphatic heterocycles. The van der Waals surface area contributed by atoms with E-state index in [4.69, 9.17) is 4.98 Å². The van der Waals surface area contributed by atoms with Crippen molar-refractivity contribution in [3.8, 4) is 0 Å². The lowest BCUT2D eigenvalue weighted by Gasteiger charge is -2.29. The molecule has 2 aliphatic rings. The van der Waals surface area contributed by atoms with E-state index in [1.165, 1.54) is 12.8 Å². The van der Waals surface area contributed by atoms with Gasteiger partial charge in [-0.3, -0.25) is 0 Å². The SMILES string of the molecule is CC(C1CC1)N(C)c1nc2c(cc1C(=O)O)CCCC2. The molecule has 1 heterocycles. The molecule has 1 saturated carbocycles. The molecule has 0 amide bonds. The van der Waals surface area contributed by atoms with Crippen molar-refractivity contribution < 1.29 is 9.90 Å². The number of fused-ring (bicyclic) bond motifs is 1. The van der Waals surface area contributed by atoms with Crippen molar-refractivity contribution in [2.75, 3.05) is 11.9 Å². The number of anilines is 1. The van der Waals surface area contributed by atoms with Crippen LogP contribution in [0.2, 0.25) is 0 Å². The molecule has 3 rings (SSSR count). The van der Waals surface area contributed by atoms with Gasteiger partial charge in [0.1, 0.15) is 11.4 Å². The van der Waals surface area contributed by atoms with Gasteiger partial charge >= 0.3 is 5.97 Å². The summed E-state index contributed by atoms with van der Waals surface area (Å²) in [5.74, 6) is 0.479.